The number of nitrogens with zero attached hydrogens (tertiary/aromatic N) is 1. The predicted molar refractivity (Wildman–Crippen MR) is 60.6 cm³/mol. The van der Waals surface area contributed by atoms with Gasteiger partial charge in [0.2, 0.25) is 0 Å². The lowest BCUT2D eigenvalue weighted by Crippen LogP contribution is -2.16. The van der Waals surface area contributed by atoms with Crippen LogP contribution in [-0.2, 0) is 11.2 Å². The molecule has 0 aliphatic heterocycles. The van der Waals surface area contributed by atoms with Crippen LogP contribution in [0.25, 0.3) is 0 Å². The maximum Gasteiger partial charge on any atom is 0.321 e. The fourth-order valence-electron chi connectivity index (χ4n) is 1.30. The van der Waals surface area contributed by atoms with Crippen molar-refractivity contribution in [3.05, 3.63) is 33.9 Å². The van der Waals surface area contributed by atoms with Gasteiger partial charge in [-0.15, -0.1) is 11.6 Å². The van der Waals surface area contributed by atoms with Crippen molar-refractivity contribution >= 4 is 23.3 Å². The van der Waals surface area contributed by atoms with Crippen LogP contribution >= 0.6 is 11.6 Å². The van der Waals surface area contributed by atoms with Gasteiger partial charge < -0.3 is 9.84 Å². The van der Waals surface area contributed by atoms with Crippen molar-refractivity contribution in [3.63, 3.8) is 0 Å². The van der Waals surface area contributed by atoms with Gasteiger partial charge in [0.15, 0.2) is 5.75 Å². The summed E-state index contributed by atoms with van der Waals surface area (Å²) < 4.78 is 4.82. The molecule has 0 amide bonds. The normalized spacial score (nSPS) is 11.9. The Bertz CT molecular complexity index is 448. The summed E-state index contributed by atoms with van der Waals surface area (Å²) in [5.41, 5.74) is 0.263. The number of ether oxygens (including phenoxy) is 1. The number of aliphatic carboxylic acids is 1. The lowest BCUT2D eigenvalue weighted by molar-refractivity contribution is -0.385. The number of methoxy groups -OCH3 is 1. The number of benzene rings is 1. The minimum atomic E-state index is -1.16. The number of alkyl halides is 1. The molecule has 0 saturated carbocycles. The van der Waals surface area contributed by atoms with Gasteiger partial charge in [0, 0.05) is 6.07 Å². The van der Waals surface area contributed by atoms with Crippen LogP contribution in [0.5, 0.6) is 5.75 Å². The lowest BCUT2D eigenvalue weighted by Gasteiger charge is -2.06. The smallest absolute Gasteiger partial charge is 0.321 e. The van der Waals surface area contributed by atoms with E-state index in [1.54, 1.807) is 6.07 Å². The first-order valence-corrected chi connectivity index (χ1v) is 5.07. The molecule has 7 heteroatoms. The van der Waals surface area contributed by atoms with Crippen LogP contribution in [0, 0.1) is 10.1 Å². The van der Waals surface area contributed by atoms with E-state index in [0.29, 0.717) is 5.56 Å². The van der Waals surface area contributed by atoms with Crippen LogP contribution in [0.3, 0.4) is 0 Å². The molecular weight excluding hydrogens is 250 g/mol. The number of rotatable bonds is 5. The standard InChI is InChI=1S/C10H10ClNO5/c1-17-9-3-2-6(4-7(11)10(13)14)5-8(9)12(15)16/h2-3,5,7H,4H2,1H3,(H,13,14). The zero-order valence-electron chi connectivity index (χ0n) is 8.92. The fraction of sp³-hybridized carbons (Fsp3) is 0.300. The van der Waals surface area contributed by atoms with Gasteiger partial charge in [-0.05, 0) is 18.1 Å². The number of hydrogen-bond acceptors (Lipinski definition) is 4. The molecule has 0 heterocycles. The topological polar surface area (TPSA) is 89.7 Å². The highest BCUT2D eigenvalue weighted by Gasteiger charge is 2.19. The van der Waals surface area contributed by atoms with Crippen molar-refractivity contribution in [2.75, 3.05) is 7.11 Å². The average molecular weight is 260 g/mol. The largest absolute Gasteiger partial charge is 0.490 e. The molecule has 1 unspecified atom stereocenters. The van der Waals surface area contributed by atoms with E-state index in [2.05, 4.69) is 0 Å². The van der Waals surface area contributed by atoms with E-state index < -0.39 is 16.3 Å². The number of carboxylic acids is 1. The van der Waals surface area contributed by atoms with Crippen LogP contribution in [0.2, 0.25) is 0 Å². The van der Waals surface area contributed by atoms with E-state index >= 15 is 0 Å². The molecule has 0 bridgehead atoms. The lowest BCUT2D eigenvalue weighted by atomic mass is 10.1. The van der Waals surface area contributed by atoms with Gasteiger partial charge in [-0.25, -0.2) is 0 Å². The van der Waals surface area contributed by atoms with Crippen molar-refractivity contribution in [2.24, 2.45) is 0 Å². The summed E-state index contributed by atoms with van der Waals surface area (Å²) in [7, 11) is 1.32. The second-order valence-electron chi connectivity index (χ2n) is 3.27. The van der Waals surface area contributed by atoms with Crippen LogP contribution in [-0.4, -0.2) is 28.5 Å². The van der Waals surface area contributed by atoms with Gasteiger partial charge in [0.05, 0.1) is 12.0 Å². The minimum absolute atomic E-state index is 0.0156. The Morgan fingerprint density at radius 2 is 2.29 bits per heavy atom. The molecule has 0 aliphatic rings. The summed E-state index contributed by atoms with van der Waals surface area (Å²) >= 11 is 5.56. The highest BCUT2D eigenvalue weighted by atomic mass is 35.5. The molecular formula is C10H10ClNO5. The van der Waals surface area contributed by atoms with Gasteiger partial charge in [-0.3, -0.25) is 14.9 Å². The number of nitro benzene ring substituents is 1. The van der Waals surface area contributed by atoms with Crippen molar-refractivity contribution < 1.29 is 19.6 Å². The van der Waals surface area contributed by atoms with Crippen molar-refractivity contribution in [2.45, 2.75) is 11.8 Å². The van der Waals surface area contributed by atoms with Crippen LogP contribution < -0.4 is 4.74 Å². The second-order valence-corrected chi connectivity index (χ2v) is 3.80. The van der Waals surface area contributed by atoms with Gasteiger partial charge in [-0.2, -0.15) is 0 Å². The van der Waals surface area contributed by atoms with Gasteiger partial charge in [-0.1, -0.05) is 6.07 Å². The highest BCUT2D eigenvalue weighted by Crippen LogP contribution is 2.28. The van der Waals surface area contributed by atoms with Gasteiger partial charge >= 0.3 is 11.7 Å². The summed E-state index contributed by atoms with van der Waals surface area (Å²) in [5.74, 6) is -1.04. The summed E-state index contributed by atoms with van der Waals surface area (Å²) in [6.45, 7) is 0. The third kappa shape index (κ3) is 3.32. The van der Waals surface area contributed by atoms with Crippen LogP contribution in [0.4, 0.5) is 5.69 Å². The van der Waals surface area contributed by atoms with E-state index in [0.717, 1.165) is 0 Å². The Labute approximate surface area is 102 Å². The number of carbonyl (C=O) groups is 1. The zero-order chi connectivity index (χ0) is 13.0. The van der Waals surface area contributed by atoms with E-state index in [1.807, 2.05) is 0 Å². The predicted octanol–water partition coefficient (Wildman–Crippen LogP) is 1.84. The van der Waals surface area contributed by atoms with E-state index in [9.17, 15) is 14.9 Å². The maximum absolute atomic E-state index is 10.7. The molecule has 1 rings (SSSR count). The van der Waals surface area contributed by atoms with Crippen LogP contribution in [0.15, 0.2) is 18.2 Å². The molecule has 0 fully saturated rings. The van der Waals surface area contributed by atoms with Crippen molar-refractivity contribution in [1.82, 2.24) is 0 Å². The summed E-state index contributed by atoms with van der Waals surface area (Å²) in [4.78, 5) is 20.7. The molecule has 0 aliphatic carbocycles. The summed E-state index contributed by atoms with van der Waals surface area (Å²) in [5, 5.41) is 18.3. The van der Waals surface area contributed by atoms with Gasteiger partial charge in [0.25, 0.3) is 0 Å². The number of halogens is 1. The quantitative estimate of drug-likeness (QED) is 0.495. The number of carboxylic acid groups (broad SMARTS) is 1. The highest BCUT2D eigenvalue weighted by molar-refractivity contribution is 6.29. The molecule has 17 heavy (non-hydrogen) atoms. The first-order valence-electron chi connectivity index (χ1n) is 4.64. The Morgan fingerprint density at radius 3 is 2.76 bits per heavy atom. The maximum atomic E-state index is 10.7. The van der Waals surface area contributed by atoms with Crippen molar-refractivity contribution in [3.8, 4) is 5.75 Å². The van der Waals surface area contributed by atoms with E-state index in [4.69, 9.17) is 21.4 Å². The molecule has 1 aromatic rings. The SMILES string of the molecule is COc1ccc(CC(Cl)C(=O)O)cc1[N+](=O)[O-]. The van der Waals surface area contributed by atoms with Gasteiger partial charge in [0.1, 0.15) is 5.38 Å². The summed E-state index contributed by atoms with van der Waals surface area (Å²) in [6.07, 6.45) is 0.0156. The molecule has 1 N–H and O–H groups in total. The molecule has 92 valence electrons. The Balaban J connectivity index is 3.00. The third-order valence-corrected chi connectivity index (χ3v) is 2.46. The Hall–Kier alpha value is -1.82. The molecule has 6 nitrogen and oxygen atoms in total. The number of hydrogen-bond donors (Lipinski definition) is 1. The molecule has 0 spiro atoms. The molecule has 0 aromatic heterocycles. The second kappa shape index (κ2) is 5.49. The number of nitro groups is 1. The third-order valence-electron chi connectivity index (χ3n) is 2.12. The van der Waals surface area contributed by atoms with E-state index in [-0.39, 0.29) is 17.9 Å². The Kier molecular flexibility index (Phi) is 4.28. The van der Waals surface area contributed by atoms with E-state index in [1.165, 1.54) is 19.2 Å². The fourth-order valence-corrected chi connectivity index (χ4v) is 1.48. The molecule has 1 aromatic carbocycles. The monoisotopic (exact) mass is 259 g/mol. The molecule has 1 atom stereocenters. The molecule has 0 radical (unpaired) electrons. The summed E-state index contributed by atoms with van der Waals surface area (Å²) in [6, 6.07) is 4.22. The average Bonchev–Trinajstić information content (AvgIpc) is 2.28. The molecule has 0 saturated heterocycles. The Morgan fingerprint density at radius 1 is 1.65 bits per heavy atom. The zero-order valence-corrected chi connectivity index (χ0v) is 9.68. The van der Waals surface area contributed by atoms with Crippen molar-refractivity contribution in [1.29, 1.82) is 0 Å². The minimum Gasteiger partial charge on any atom is -0.490 e. The van der Waals surface area contributed by atoms with Crippen LogP contribution in [0.1, 0.15) is 5.56 Å². The first kappa shape index (κ1) is 13.2. The first-order chi connectivity index (χ1) is 7.95.